The Bertz CT molecular complexity index is 619. The molecular weight excluding hydrogens is 336 g/mol. The van der Waals surface area contributed by atoms with Crippen molar-refractivity contribution < 1.29 is 19.6 Å². The molecule has 0 saturated heterocycles. The highest BCUT2D eigenvalue weighted by atomic mass is 16.5. The van der Waals surface area contributed by atoms with Crippen LogP contribution in [0.1, 0.15) is 24.8 Å². The average Bonchev–Trinajstić information content (AvgIpc) is 3.48. The second kappa shape index (κ2) is 9.76. The molecular formula is C18H26N4O4. The van der Waals surface area contributed by atoms with E-state index in [2.05, 4.69) is 10.6 Å². The van der Waals surface area contributed by atoms with E-state index in [9.17, 15) is 14.4 Å². The molecule has 1 aliphatic rings. The van der Waals surface area contributed by atoms with Crippen LogP contribution in [-0.4, -0.2) is 54.1 Å². The minimum Gasteiger partial charge on any atom is -0.357 e. The van der Waals surface area contributed by atoms with E-state index in [1.807, 2.05) is 30.3 Å². The molecule has 0 heterocycles. The van der Waals surface area contributed by atoms with E-state index in [1.165, 1.54) is 17.4 Å². The van der Waals surface area contributed by atoms with Crippen molar-refractivity contribution in [2.45, 2.75) is 31.7 Å². The fourth-order valence-electron chi connectivity index (χ4n) is 2.68. The topological polar surface area (TPSA) is 111 Å². The minimum atomic E-state index is -0.702. The van der Waals surface area contributed by atoms with Crippen LogP contribution in [0.5, 0.6) is 0 Å². The Balaban J connectivity index is 1.97. The van der Waals surface area contributed by atoms with Crippen LogP contribution in [0.2, 0.25) is 0 Å². The number of aryl methyl sites for hydroxylation is 1. The lowest BCUT2D eigenvalue weighted by Gasteiger charge is -2.25. The van der Waals surface area contributed by atoms with Crippen LogP contribution < -0.4 is 16.1 Å². The summed E-state index contributed by atoms with van der Waals surface area (Å²) in [7, 11) is 1.52. The van der Waals surface area contributed by atoms with Crippen LogP contribution in [0.3, 0.4) is 0 Å². The Labute approximate surface area is 152 Å². The van der Waals surface area contributed by atoms with Crippen molar-refractivity contribution in [1.29, 1.82) is 0 Å². The van der Waals surface area contributed by atoms with Gasteiger partial charge in [-0.1, -0.05) is 30.3 Å². The monoisotopic (exact) mass is 362 g/mol. The smallest absolute Gasteiger partial charge is 0.318 e. The number of urea groups is 1. The summed E-state index contributed by atoms with van der Waals surface area (Å²) in [5.74, 6) is -0.580. The van der Waals surface area contributed by atoms with Gasteiger partial charge in [0.1, 0.15) is 12.6 Å². The maximum atomic E-state index is 12.6. The Hall–Kier alpha value is -2.61. The van der Waals surface area contributed by atoms with Crippen molar-refractivity contribution in [3.8, 4) is 0 Å². The molecule has 142 valence electrons. The van der Waals surface area contributed by atoms with Gasteiger partial charge in [-0.2, -0.15) is 0 Å². The quantitative estimate of drug-likeness (QED) is 0.382. The molecule has 1 aliphatic carbocycles. The molecule has 1 aromatic carbocycles. The number of amides is 4. The molecule has 1 saturated carbocycles. The van der Waals surface area contributed by atoms with Gasteiger partial charge in [0, 0.05) is 13.6 Å². The van der Waals surface area contributed by atoms with Gasteiger partial charge in [-0.15, -0.1) is 0 Å². The summed E-state index contributed by atoms with van der Waals surface area (Å²) in [5.41, 5.74) is 2.61. The van der Waals surface area contributed by atoms with Crippen molar-refractivity contribution in [2.24, 2.45) is 5.92 Å². The third-order valence-corrected chi connectivity index (χ3v) is 4.35. The Morgan fingerprint density at radius 1 is 1.23 bits per heavy atom. The van der Waals surface area contributed by atoms with Gasteiger partial charge in [0.25, 0.3) is 5.91 Å². The van der Waals surface area contributed by atoms with Crippen molar-refractivity contribution >= 4 is 17.8 Å². The van der Waals surface area contributed by atoms with Gasteiger partial charge in [-0.3, -0.25) is 14.8 Å². The first-order valence-corrected chi connectivity index (χ1v) is 8.77. The highest BCUT2D eigenvalue weighted by molar-refractivity contribution is 5.88. The first-order valence-electron chi connectivity index (χ1n) is 8.77. The van der Waals surface area contributed by atoms with E-state index in [1.54, 1.807) is 0 Å². The van der Waals surface area contributed by atoms with Gasteiger partial charge < -0.3 is 15.5 Å². The van der Waals surface area contributed by atoms with Crippen molar-refractivity contribution in [3.05, 3.63) is 35.9 Å². The average molecular weight is 362 g/mol. The highest BCUT2D eigenvalue weighted by Gasteiger charge is 2.30. The third kappa shape index (κ3) is 6.36. The van der Waals surface area contributed by atoms with Crippen molar-refractivity contribution in [2.75, 3.05) is 20.1 Å². The number of carbonyl (C=O) groups excluding carboxylic acids is 3. The maximum Gasteiger partial charge on any atom is 0.318 e. The molecule has 1 atom stereocenters. The van der Waals surface area contributed by atoms with Crippen LogP contribution in [0.4, 0.5) is 4.79 Å². The van der Waals surface area contributed by atoms with Crippen LogP contribution >= 0.6 is 0 Å². The van der Waals surface area contributed by atoms with Gasteiger partial charge in [0.2, 0.25) is 5.91 Å². The number of hydrogen-bond acceptors (Lipinski definition) is 4. The molecule has 8 nitrogen and oxygen atoms in total. The zero-order valence-corrected chi connectivity index (χ0v) is 14.9. The van der Waals surface area contributed by atoms with Gasteiger partial charge in [0.05, 0.1) is 0 Å². The van der Waals surface area contributed by atoms with Crippen LogP contribution in [0.15, 0.2) is 30.3 Å². The molecule has 0 aliphatic heterocycles. The number of hydroxylamine groups is 1. The predicted octanol–water partition coefficient (Wildman–Crippen LogP) is 0.661. The fourth-order valence-corrected chi connectivity index (χ4v) is 2.68. The molecule has 0 spiro atoms. The van der Waals surface area contributed by atoms with E-state index < -0.39 is 18.0 Å². The molecule has 4 amide bonds. The normalized spacial score (nSPS) is 14.2. The summed E-state index contributed by atoms with van der Waals surface area (Å²) in [6.07, 6.45) is 3.10. The standard InChI is InChI=1S/C18H26N4O4/c1-19-17(24)15(10-9-13-5-3-2-4-6-13)20-18(25)22(11-14-7-8-14)12-16(23)21-26/h2-6,14-15,26H,7-12H2,1H3,(H,19,24)(H,20,25)(H,21,23)/t15-/m0/s1. The molecule has 8 heteroatoms. The lowest BCUT2D eigenvalue weighted by Crippen LogP contribution is -2.53. The largest absolute Gasteiger partial charge is 0.357 e. The minimum absolute atomic E-state index is 0.252. The van der Waals surface area contributed by atoms with Gasteiger partial charge in [0.15, 0.2) is 0 Å². The lowest BCUT2D eigenvalue weighted by molar-refractivity contribution is -0.129. The number of hydrogen-bond donors (Lipinski definition) is 4. The molecule has 1 aromatic rings. The number of carbonyl (C=O) groups is 3. The second-order valence-electron chi connectivity index (χ2n) is 6.50. The molecule has 0 unspecified atom stereocenters. The van der Waals surface area contributed by atoms with Gasteiger partial charge in [-0.25, -0.2) is 10.3 Å². The summed E-state index contributed by atoms with van der Waals surface area (Å²) in [6, 6.07) is 8.51. The van der Waals surface area contributed by atoms with E-state index in [4.69, 9.17) is 5.21 Å². The van der Waals surface area contributed by atoms with Crippen LogP contribution in [0, 0.1) is 5.92 Å². The SMILES string of the molecule is CNC(=O)[C@H](CCc1ccccc1)NC(=O)N(CC(=O)NO)CC1CC1. The summed E-state index contributed by atoms with van der Waals surface area (Å²) < 4.78 is 0. The van der Waals surface area contributed by atoms with Crippen molar-refractivity contribution in [3.63, 3.8) is 0 Å². The summed E-state index contributed by atoms with van der Waals surface area (Å²) in [5, 5.41) is 14.0. The second-order valence-corrected chi connectivity index (χ2v) is 6.50. The Kier molecular flexibility index (Phi) is 7.40. The van der Waals surface area contributed by atoms with E-state index in [0.29, 0.717) is 25.3 Å². The van der Waals surface area contributed by atoms with Crippen molar-refractivity contribution in [1.82, 2.24) is 21.0 Å². The number of rotatable bonds is 9. The first-order chi connectivity index (χ1) is 12.5. The molecule has 1 fully saturated rings. The van der Waals surface area contributed by atoms with Gasteiger partial charge >= 0.3 is 6.03 Å². The first kappa shape index (κ1) is 19.7. The highest BCUT2D eigenvalue weighted by Crippen LogP contribution is 2.29. The molecule has 0 aromatic heterocycles. The molecule has 0 bridgehead atoms. The Morgan fingerprint density at radius 3 is 2.50 bits per heavy atom. The van der Waals surface area contributed by atoms with Crippen LogP contribution in [-0.2, 0) is 16.0 Å². The molecule has 0 radical (unpaired) electrons. The van der Waals surface area contributed by atoms with E-state index in [0.717, 1.165) is 18.4 Å². The predicted molar refractivity (Wildman–Crippen MR) is 95.4 cm³/mol. The lowest BCUT2D eigenvalue weighted by atomic mass is 10.0. The fraction of sp³-hybridized carbons (Fsp3) is 0.500. The molecule has 26 heavy (non-hydrogen) atoms. The number of nitrogens with one attached hydrogen (secondary N) is 3. The number of nitrogens with zero attached hydrogens (tertiary/aromatic N) is 1. The van der Waals surface area contributed by atoms with E-state index in [-0.39, 0.29) is 12.5 Å². The summed E-state index contributed by atoms with van der Waals surface area (Å²) in [6.45, 7) is 0.177. The van der Waals surface area contributed by atoms with Gasteiger partial charge in [-0.05, 0) is 37.2 Å². The summed E-state index contributed by atoms with van der Waals surface area (Å²) in [4.78, 5) is 37.5. The zero-order chi connectivity index (χ0) is 18.9. The molecule has 2 rings (SSSR count). The maximum absolute atomic E-state index is 12.6. The third-order valence-electron chi connectivity index (χ3n) is 4.35. The number of benzene rings is 1. The Morgan fingerprint density at radius 2 is 1.92 bits per heavy atom. The van der Waals surface area contributed by atoms with Crippen LogP contribution in [0.25, 0.3) is 0 Å². The molecule has 4 N–H and O–H groups in total. The zero-order valence-electron chi connectivity index (χ0n) is 14.9. The van der Waals surface area contributed by atoms with E-state index >= 15 is 0 Å². The summed E-state index contributed by atoms with van der Waals surface area (Å²) >= 11 is 0. The number of likely N-dealkylation sites (N-methyl/N-ethyl adjacent to an activating group) is 1.